The van der Waals surface area contributed by atoms with Gasteiger partial charge in [-0.25, -0.2) is 0 Å². The van der Waals surface area contributed by atoms with Crippen molar-refractivity contribution in [1.29, 1.82) is 0 Å². The summed E-state index contributed by atoms with van der Waals surface area (Å²) in [6.07, 6.45) is 1.78. The molecule has 0 N–H and O–H groups in total. The Morgan fingerprint density at radius 2 is 1.40 bits per heavy atom. The van der Waals surface area contributed by atoms with Gasteiger partial charge < -0.3 is 0 Å². The molecule has 0 radical (unpaired) electrons. The van der Waals surface area contributed by atoms with Crippen LogP contribution in [0.4, 0.5) is 0 Å². The van der Waals surface area contributed by atoms with Crippen LogP contribution < -0.4 is 0 Å². The maximum absolute atomic E-state index is 6.27. The second kappa shape index (κ2) is 7.49. The third kappa shape index (κ3) is 4.25. The molecular weight excluding hydrogens is 355 g/mol. The fourth-order valence-corrected chi connectivity index (χ4v) is 3.51. The molecule has 0 heterocycles. The monoisotopic (exact) mass is 370 g/mol. The Hall–Kier alpha value is -0.500. The van der Waals surface area contributed by atoms with Crippen LogP contribution in [0.15, 0.2) is 59.1 Å². The molecule has 2 aromatic carbocycles. The highest BCUT2D eigenvalue weighted by molar-refractivity contribution is 9.10. The summed E-state index contributed by atoms with van der Waals surface area (Å²) < 4.78 is 1.09. The second-order valence-corrected chi connectivity index (χ2v) is 6.69. The van der Waals surface area contributed by atoms with E-state index in [0.717, 1.165) is 17.3 Å². The first-order valence-electron chi connectivity index (χ1n) is 6.58. The summed E-state index contributed by atoms with van der Waals surface area (Å²) in [6.45, 7) is 0. The molecule has 106 valence electrons. The lowest BCUT2D eigenvalue weighted by Crippen LogP contribution is -2.30. The van der Waals surface area contributed by atoms with Gasteiger partial charge in [0.15, 0.2) is 0 Å². The molecule has 0 saturated carbocycles. The molecule has 0 nitrogen and oxygen atoms in total. The Morgan fingerprint density at radius 3 is 2.00 bits per heavy atom. The van der Waals surface area contributed by atoms with E-state index < -0.39 is 0 Å². The number of halogens is 3. The van der Waals surface area contributed by atoms with Gasteiger partial charge in [0.2, 0.25) is 0 Å². The van der Waals surface area contributed by atoms with Crippen LogP contribution in [0.5, 0.6) is 0 Å². The Balaban J connectivity index is 2.21. The Morgan fingerprint density at radius 1 is 0.800 bits per heavy atom. The summed E-state index contributed by atoms with van der Waals surface area (Å²) in [6, 6.07) is 18.8. The van der Waals surface area contributed by atoms with Gasteiger partial charge >= 0.3 is 0 Å². The Kier molecular flexibility index (Phi) is 5.95. The van der Waals surface area contributed by atoms with Crippen molar-refractivity contribution in [3.63, 3.8) is 0 Å². The molecular formula is C17H17BrCl2. The van der Waals surface area contributed by atoms with E-state index in [2.05, 4.69) is 58.4 Å². The minimum atomic E-state index is -0.106. The largest absolute Gasteiger partial charge is 0.126 e. The molecule has 0 aliphatic carbocycles. The molecule has 2 aromatic rings. The molecule has 0 spiro atoms. The molecule has 0 aliphatic heterocycles. The first-order chi connectivity index (χ1) is 9.67. The zero-order valence-electron chi connectivity index (χ0n) is 11.2. The van der Waals surface area contributed by atoms with Crippen molar-refractivity contribution < 1.29 is 0 Å². The second-order valence-electron chi connectivity index (χ2n) is 5.24. The van der Waals surface area contributed by atoms with E-state index >= 15 is 0 Å². The summed E-state index contributed by atoms with van der Waals surface area (Å²) in [5, 5.41) is 0. The van der Waals surface area contributed by atoms with Crippen LogP contribution in [0.3, 0.4) is 0 Å². The van der Waals surface area contributed by atoms with Crippen LogP contribution in [-0.4, -0.2) is 11.8 Å². The molecule has 0 aliphatic rings. The normalized spacial score (nSPS) is 11.6. The standard InChI is InChI=1S/C17H17BrCl2/c18-16-8-4-7-15(9-16)11-17(12-19,13-20)10-14-5-2-1-3-6-14/h1-9H,10-13H2. The first-order valence-corrected chi connectivity index (χ1v) is 8.44. The van der Waals surface area contributed by atoms with Crippen molar-refractivity contribution >= 4 is 39.1 Å². The molecule has 0 unspecified atom stereocenters. The summed E-state index contributed by atoms with van der Waals surface area (Å²) in [5.41, 5.74) is 2.44. The van der Waals surface area contributed by atoms with Crippen molar-refractivity contribution in [2.24, 2.45) is 5.41 Å². The topological polar surface area (TPSA) is 0 Å². The van der Waals surface area contributed by atoms with Gasteiger partial charge in [0.1, 0.15) is 0 Å². The number of alkyl halides is 2. The highest BCUT2D eigenvalue weighted by Gasteiger charge is 2.29. The van der Waals surface area contributed by atoms with E-state index in [4.69, 9.17) is 23.2 Å². The maximum Gasteiger partial charge on any atom is 0.0297 e. The Labute approximate surface area is 139 Å². The van der Waals surface area contributed by atoms with Gasteiger partial charge in [-0.05, 0) is 36.1 Å². The summed E-state index contributed by atoms with van der Waals surface area (Å²) in [5.74, 6) is 1.11. The van der Waals surface area contributed by atoms with Crippen LogP contribution >= 0.6 is 39.1 Å². The van der Waals surface area contributed by atoms with Gasteiger partial charge in [-0.2, -0.15) is 0 Å². The van der Waals surface area contributed by atoms with Crippen molar-refractivity contribution in [3.05, 3.63) is 70.2 Å². The van der Waals surface area contributed by atoms with Crippen molar-refractivity contribution in [1.82, 2.24) is 0 Å². The number of benzene rings is 2. The van der Waals surface area contributed by atoms with Gasteiger partial charge in [-0.15, -0.1) is 23.2 Å². The quantitative estimate of drug-likeness (QED) is 0.571. The van der Waals surface area contributed by atoms with Crippen LogP contribution in [0.2, 0.25) is 0 Å². The lowest BCUT2D eigenvalue weighted by atomic mass is 9.80. The number of rotatable bonds is 6. The SMILES string of the molecule is ClCC(CCl)(Cc1ccccc1)Cc1cccc(Br)c1. The van der Waals surface area contributed by atoms with Crippen LogP contribution in [0.25, 0.3) is 0 Å². The first kappa shape index (κ1) is 15.9. The van der Waals surface area contributed by atoms with E-state index in [1.54, 1.807) is 0 Å². The summed E-state index contributed by atoms with van der Waals surface area (Å²) in [7, 11) is 0. The minimum Gasteiger partial charge on any atom is -0.126 e. The summed E-state index contributed by atoms with van der Waals surface area (Å²) >= 11 is 16.1. The fraction of sp³-hybridized carbons (Fsp3) is 0.294. The number of hydrogen-bond donors (Lipinski definition) is 0. The molecule has 0 amide bonds. The Bertz CT molecular complexity index is 536. The van der Waals surface area contributed by atoms with Crippen LogP contribution in [-0.2, 0) is 12.8 Å². The molecule has 0 fully saturated rings. The minimum absolute atomic E-state index is 0.106. The van der Waals surface area contributed by atoms with E-state index in [1.165, 1.54) is 11.1 Å². The van der Waals surface area contributed by atoms with Crippen molar-refractivity contribution in [2.45, 2.75) is 12.8 Å². The molecule has 0 saturated heterocycles. The van der Waals surface area contributed by atoms with Gasteiger partial charge in [-0.3, -0.25) is 0 Å². The predicted octanol–water partition coefficient (Wildman–Crippen LogP) is 5.70. The zero-order chi connectivity index (χ0) is 14.4. The smallest absolute Gasteiger partial charge is 0.0297 e. The molecule has 3 heteroatoms. The molecule has 2 rings (SSSR count). The molecule has 0 atom stereocenters. The van der Waals surface area contributed by atoms with Crippen LogP contribution in [0.1, 0.15) is 11.1 Å². The van der Waals surface area contributed by atoms with E-state index in [0.29, 0.717) is 11.8 Å². The third-order valence-electron chi connectivity index (χ3n) is 3.46. The fourth-order valence-electron chi connectivity index (χ4n) is 2.40. The predicted molar refractivity (Wildman–Crippen MR) is 91.9 cm³/mol. The van der Waals surface area contributed by atoms with Gasteiger partial charge in [0.25, 0.3) is 0 Å². The highest BCUT2D eigenvalue weighted by Crippen LogP contribution is 2.31. The molecule has 20 heavy (non-hydrogen) atoms. The lowest BCUT2D eigenvalue weighted by Gasteiger charge is -2.30. The van der Waals surface area contributed by atoms with Gasteiger partial charge in [0.05, 0.1) is 0 Å². The number of hydrogen-bond acceptors (Lipinski definition) is 0. The average Bonchev–Trinajstić information content (AvgIpc) is 2.47. The van der Waals surface area contributed by atoms with Crippen LogP contribution in [0, 0.1) is 5.41 Å². The maximum atomic E-state index is 6.27. The van der Waals surface area contributed by atoms with E-state index in [1.807, 2.05) is 12.1 Å². The van der Waals surface area contributed by atoms with Gasteiger partial charge in [-0.1, -0.05) is 58.4 Å². The van der Waals surface area contributed by atoms with Gasteiger partial charge in [0, 0.05) is 21.6 Å². The average molecular weight is 372 g/mol. The van der Waals surface area contributed by atoms with Crippen molar-refractivity contribution in [2.75, 3.05) is 11.8 Å². The lowest BCUT2D eigenvalue weighted by molar-refractivity contribution is 0.374. The summed E-state index contributed by atoms with van der Waals surface area (Å²) in [4.78, 5) is 0. The zero-order valence-corrected chi connectivity index (χ0v) is 14.3. The molecule has 0 aromatic heterocycles. The van der Waals surface area contributed by atoms with E-state index in [-0.39, 0.29) is 5.41 Å². The third-order valence-corrected chi connectivity index (χ3v) is 5.08. The van der Waals surface area contributed by atoms with Crippen molar-refractivity contribution in [3.8, 4) is 0 Å². The highest BCUT2D eigenvalue weighted by atomic mass is 79.9. The molecule has 0 bridgehead atoms. The van der Waals surface area contributed by atoms with E-state index in [9.17, 15) is 0 Å².